The number of aromatic hydroxyl groups is 1. The summed E-state index contributed by atoms with van der Waals surface area (Å²) in [5.41, 5.74) is 18.0. The van der Waals surface area contributed by atoms with Gasteiger partial charge >= 0.3 is 0 Å². The quantitative estimate of drug-likeness (QED) is 0.0646. The SMILES string of the molecule is NCCCCCCN1CC(=O)N[C@@H](CCCN=C(N)N)C(=O)N[C@@H](Cc2ccc3ccccc3c2)C(=O)NCC(=O)N[C@H](Cc2ccc(O)cc2)C1=O. The number of carbonyl (C=O) groups is 5. The molecular formula is C38H51N9O6. The van der Waals surface area contributed by atoms with E-state index in [1.54, 1.807) is 12.1 Å². The van der Waals surface area contributed by atoms with Crippen molar-refractivity contribution in [2.75, 3.05) is 32.7 Å². The maximum atomic E-state index is 14.2. The predicted molar refractivity (Wildman–Crippen MR) is 202 cm³/mol. The fourth-order valence-electron chi connectivity index (χ4n) is 6.16. The molecule has 53 heavy (non-hydrogen) atoms. The molecule has 0 saturated carbocycles. The molecule has 284 valence electrons. The molecule has 1 saturated heterocycles. The Kier molecular flexibility index (Phi) is 15.4. The van der Waals surface area contributed by atoms with Crippen LogP contribution in [0.1, 0.15) is 49.7 Å². The molecule has 15 heteroatoms. The first kappa shape index (κ1) is 40.1. The van der Waals surface area contributed by atoms with Crippen molar-refractivity contribution in [3.05, 3.63) is 77.9 Å². The maximum absolute atomic E-state index is 14.2. The number of phenols is 1. The number of benzene rings is 3. The molecule has 0 spiro atoms. The number of nitrogens with zero attached hydrogens (tertiary/aromatic N) is 2. The first-order valence-electron chi connectivity index (χ1n) is 18.0. The van der Waals surface area contributed by atoms with Gasteiger partial charge in [-0.3, -0.25) is 29.0 Å². The Morgan fingerprint density at radius 3 is 2.15 bits per heavy atom. The van der Waals surface area contributed by atoms with E-state index in [9.17, 15) is 29.1 Å². The molecule has 11 N–H and O–H groups in total. The summed E-state index contributed by atoms with van der Waals surface area (Å²) in [7, 11) is 0. The summed E-state index contributed by atoms with van der Waals surface area (Å²) in [6.07, 6.45) is 3.62. The Balaban J connectivity index is 1.65. The summed E-state index contributed by atoms with van der Waals surface area (Å²) in [6, 6.07) is 16.4. The number of fused-ring (bicyclic) bond motifs is 1. The lowest BCUT2D eigenvalue weighted by Crippen LogP contribution is -2.55. The van der Waals surface area contributed by atoms with E-state index in [4.69, 9.17) is 17.2 Å². The Labute approximate surface area is 309 Å². The van der Waals surface area contributed by atoms with Crippen LogP contribution in [0.2, 0.25) is 0 Å². The second-order valence-corrected chi connectivity index (χ2v) is 13.2. The van der Waals surface area contributed by atoms with Crippen molar-refractivity contribution < 1.29 is 29.1 Å². The second-order valence-electron chi connectivity index (χ2n) is 13.2. The molecule has 1 fully saturated rings. The predicted octanol–water partition coefficient (Wildman–Crippen LogP) is 0.316. The van der Waals surface area contributed by atoms with Gasteiger partial charge in [0, 0.05) is 25.9 Å². The topological polar surface area (TPSA) is 247 Å². The Hall–Kier alpha value is -5.70. The highest BCUT2D eigenvalue weighted by atomic mass is 16.3. The highest BCUT2D eigenvalue weighted by molar-refractivity contribution is 5.96. The Bertz CT molecular complexity index is 1750. The molecular weight excluding hydrogens is 678 g/mol. The largest absolute Gasteiger partial charge is 0.508 e. The van der Waals surface area contributed by atoms with E-state index < -0.39 is 54.2 Å². The van der Waals surface area contributed by atoms with E-state index in [1.165, 1.54) is 17.0 Å². The Morgan fingerprint density at radius 1 is 0.736 bits per heavy atom. The summed E-state index contributed by atoms with van der Waals surface area (Å²) in [5.74, 6) is -3.05. The van der Waals surface area contributed by atoms with Crippen LogP contribution in [0.25, 0.3) is 10.8 Å². The molecule has 0 aliphatic carbocycles. The van der Waals surface area contributed by atoms with E-state index in [0.29, 0.717) is 24.9 Å². The number of amides is 5. The van der Waals surface area contributed by atoms with Crippen molar-refractivity contribution in [3.63, 3.8) is 0 Å². The van der Waals surface area contributed by atoms with Crippen molar-refractivity contribution in [1.29, 1.82) is 0 Å². The monoisotopic (exact) mass is 729 g/mol. The summed E-state index contributed by atoms with van der Waals surface area (Å²) in [6.45, 7) is 0.0967. The van der Waals surface area contributed by atoms with Gasteiger partial charge in [-0.2, -0.15) is 0 Å². The average Bonchev–Trinajstić information content (AvgIpc) is 3.14. The lowest BCUT2D eigenvalue weighted by molar-refractivity contribution is -0.140. The zero-order valence-corrected chi connectivity index (χ0v) is 29.9. The van der Waals surface area contributed by atoms with Crippen LogP contribution in [-0.2, 0) is 36.8 Å². The molecule has 5 amide bonds. The number of hydrogen-bond acceptors (Lipinski definition) is 8. The van der Waals surface area contributed by atoms with Gasteiger partial charge < -0.3 is 48.5 Å². The molecule has 0 aromatic heterocycles. The van der Waals surface area contributed by atoms with Crippen molar-refractivity contribution in [2.45, 2.75) is 69.5 Å². The van der Waals surface area contributed by atoms with E-state index >= 15 is 0 Å². The minimum Gasteiger partial charge on any atom is -0.508 e. The molecule has 3 atom stereocenters. The smallest absolute Gasteiger partial charge is 0.245 e. The fraction of sp³-hybridized carbons (Fsp3) is 0.421. The van der Waals surface area contributed by atoms with Crippen molar-refractivity contribution in [2.24, 2.45) is 22.2 Å². The van der Waals surface area contributed by atoms with Gasteiger partial charge in [0.2, 0.25) is 29.5 Å². The molecule has 1 aliphatic rings. The van der Waals surface area contributed by atoms with Crippen LogP contribution in [0.5, 0.6) is 5.75 Å². The van der Waals surface area contributed by atoms with Gasteiger partial charge in [0.25, 0.3) is 0 Å². The summed E-state index contributed by atoms with van der Waals surface area (Å²) in [4.78, 5) is 74.1. The third-order valence-corrected chi connectivity index (χ3v) is 8.94. The molecule has 0 bridgehead atoms. The summed E-state index contributed by atoms with van der Waals surface area (Å²) in [5, 5.41) is 22.7. The number of aliphatic imine (C=N–C) groups is 1. The van der Waals surface area contributed by atoms with Crippen LogP contribution in [0, 0.1) is 0 Å². The molecule has 0 radical (unpaired) electrons. The number of carbonyl (C=O) groups excluding carboxylic acids is 5. The molecule has 4 rings (SSSR count). The zero-order valence-electron chi connectivity index (χ0n) is 29.9. The first-order valence-corrected chi connectivity index (χ1v) is 18.0. The van der Waals surface area contributed by atoms with Crippen LogP contribution < -0.4 is 38.5 Å². The van der Waals surface area contributed by atoms with Crippen molar-refractivity contribution in [1.82, 2.24) is 26.2 Å². The molecule has 3 aromatic rings. The van der Waals surface area contributed by atoms with E-state index in [1.807, 2.05) is 42.5 Å². The first-order chi connectivity index (χ1) is 25.5. The van der Waals surface area contributed by atoms with E-state index in [0.717, 1.165) is 35.6 Å². The van der Waals surface area contributed by atoms with Crippen molar-refractivity contribution in [3.8, 4) is 5.75 Å². The standard InChI is InChI=1S/C38H51N9O6/c39-17-5-1-2-6-19-47-24-34(50)44-30(10-7-18-42-38(40)41)36(52)46-31(22-26-11-14-27-8-3-4-9-28(27)20-26)35(51)43-23-33(49)45-32(37(47)53)21-25-12-15-29(48)16-13-25/h3-4,8-9,11-16,20,30-32,48H,1-2,5-7,10,17-19,21-24,39H2,(H,43,51)(H,44,50)(H,45,49)(H,46,52)(H4,40,41,42)/t30-,31-,32+/m0/s1. The van der Waals surface area contributed by atoms with E-state index in [2.05, 4.69) is 26.3 Å². The van der Waals surface area contributed by atoms with Gasteiger partial charge in [-0.15, -0.1) is 0 Å². The maximum Gasteiger partial charge on any atom is 0.245 e. The van der Waals surface area contributed by atoms with Gasteiger partial charge in [0.05, 0.1) is 13.1 Å². The molecule has 1 aliphatic heterocycles. The highest BCUT2D eigenvalue weighted by Crippen LogP contribution is 2.18. The lowest BCUT2D eigenvalue weighted by Gasteiger charge is -2.28. The minimum absolute atomic E-state index is 0.0407. The lowest BCUT2D eigenvalue weighted by atomic mass is 10.0. The third-order valence-electron chi connectivity index (χ3n) is 8.94. The normalized spacial score (nSPS) is 19.0. The number of hydrogen-bond donors (Lipinski definition) is 8. The van der Waals surface area contributed by atoms with Gasteiger partial charge in [0.15, 0.2) is 5.96 Å². The average molecular weight is 730 g/mol. The van der Waals surface area contributed by atoms with Gasteiger partial charge in [-0.25, -0.2) is 0 Å². The number of nitrogens with two attached hydrogens (primary N) is 3. The van der Waals surface area contributed by atoms with Gasteiger partial charge in [-0.05, 0) is 66.3 Å². The van der Waals surface area contributed by atoms with E-state index in [-0.39, 0.29) is 50.6 Å². The van der Waals surface area contributed by atoms with Gasteiger partial charge in [-0.1, -0.05) is 67.4 Å². The minimum atomic E-state index is -1.11. The van der Waals surface area contributed by atoms with Crippen LogP contribution in [0.15, 0.2) is 71.7 Å². The highest BCUT2D eigenvalue weighted by Gasteiger charge is 2.32. The number of guanidine groups is 1. The van der Waals surface area contributed by atoms with Crippen LogP contribution in [-0.4, -0.2) is 96.4 Å². The third kappa shape index (κ3) is 13.1. The molecule has 3 aromatic carbocycles. The fourth-order valence-corrected chi connectivity index (χ4v) is 6.16. The Morgan fingerprint density at radius 2 is 1.42 bits per heavy atom. The number of unbranched alkanes of at least 4 members (excludes halogenated alkanes) is 3. The number of nitrogens with one attached hydrogen (secondary N) is 4. The second kappa shape index (κ2) is 20.4. The van der Waals surface area contributed by atoms with Gasteiger partial charge in [0.1, 0.15) is 23.9 Å². The summed E-state index contributed by atoms with van der Waals surface area (Å²) < 4.78 is 0. The summed E-state index contributed by atoms with van der Waals surface area (Å²) >= 11 is 0. The zero-order chi connectivity index (χ0) is 38.2. The number of phenolic OH excluding ortho intramolecular Hbond substituents is 1. The number of rotatable bonds is 14. The van der Waals surface area contributed by atoms with Crippen LogP contribution >= 0.6 is 0 Å². The van der Waals surface area contributed by atoms with Crippen LogP contribution in [0.4, 0.5) is 0 Å². The van der Waals surface area contributed by atoms with Crippen molar-refractivity contribution >= 4 is 46.3 Å². The molecule has 1 heterocycles. The molecule has 15 nitrogen and oxygen atoms in total. The molecule has 0 unspecified atom stereocenters. The van der Waals surface area contributed by atoms with Crippen LogP contribution in [0.3, 0.4) is 0 Å².